The maximum absolute atomic E-state index is 13.0. The second-order valence-electron chi connectivity index (χ2n) is 8.04. The van der Waals surface area contributed by atoms with Gasteiger partial charge >= 0.3 is 0 Å². The number of rotatable bonds is 7. The monoisotopic (exact) mass is 438 g/mol. The number of carbonyl (C=O) groups is 1. The molecule has 0 N–H and O–H groups in total. The second-order valence-corrected chi connectivity index (χ2v) is 8.95. The highest BCUT2D eigenvalue weighted by atomic mass is 32.1. The first-order valence-electron chi connectivity index (χ1n) is 10.8. The van der Waals surface area contributed by atoms with E-state index in [0.717, 1.165) is 66.7 Å². The van der Waals surface area contributed by atoms with Gasteiger partial charge in [-0.1, -0.05) is 18.2 Å². The first kappa shape index (κ1) is 21.6. The number of ether oxygens (including phenoxy) is 1. The van der Waals surface area contributed by atoms with Gasteiger partial charge in [0.15, 0.2) is 0 Å². The lowest BCUT2D eigenvalue weighted by Gasteiger charge is -2.34. The number of aromatic nitrogens is 2. The van der Waals surface area contributed by atoms with E-state index in [0.29, 0.717) is 6.61 Å². The molecule has 3 heterocycles. The van der Waals surface area contributed by atoms with E-state index in [2.05, 4.69) is 30.0 Å². The molecule has 31 heavy (non-hydrogen) atoms. The van der Waals surface area contributed by atoms with E-state index in [1.807, 2.05) is 52.2 Å². The van der Waals surface area contributed by atoms with E-state index in [9.17, 15) is 4.79 Å². The van der Waals surface area contributed by atoms with Crippen LogP contribution < -0.4 is 4.74 Å². The van der Waals surface area contributed by atoms with Crippen LogP contribution >= 0.6 is 11.3 Å². The summed E-state index contributed by atoms with van der Waals surface area (Å²) in [6, 6.07) is 9.96. The molecule has 0 atom stereocenters. The van der Waals surface area contributed by atoms with E-state index >= 15 is 0 Å². The van der Waals surface area contributed by atoms with E-state index in [1.54, 1.807) is 0 Å². The minimum atomic E-state index is 0.127. The van der Waals surface area contributed by atoms with E-state index < -0.39 is 0 Å². The highest BCUT2D eigenvalue weighted by Gasteiger charge is 2.24. The van der Waals surface area contributed by atoms with Crippen molar-refractivity contribution in [1.82, 2.24) is 19.6 Å². The Morgan fingerprint density at radius 2 is 1.94 bits per heavy atom. The zero-order chi connectivity index (χ0) is 21.8. The third-order valence-electron chi connectivity index (χ3n) is 5.78. The molecule has 0 aliphatic carbocycles. The fraction of sp³-hybridized carbons (Fsp3) is 0.417. The predicted octanol–water partition coefficient (Wildman–Crippen LogP) is 4.12. The van der Waals surface area contributed by atoms with Crippen LogP contribution in [-0.4, -0.2) is 51.7 Å². The molecule has 3 aromatic rings. The van der Waals surface area contributed by atoms with Gasteiger partial charge in [-0.2, -0.15) is 5.10 Å². The number of piperazine rings is 1. The van der Waals surface area contributed by atoms with Gasteiger partial charge in [-0.3, -0.25) is 14.4 Å². The van der Waals surface area contributed by atoms with Crippen LogP contribution in [0.15, 0.2) is 41.9 Å². The Bertz CT molecular complexity index is 1030. The molecule has 1 fully saturated rings. The number of nitrogens with zero attached hydrogens (tertiary/aromatic N) is 4. The summed E-state index contributed by atoms with van der Waals surface area (Å²) in [5.74, 6) is 1.01. The van der Waals surface area contributed by atoms with Gasteiger partial charge < -0.3 is 9.64 Å². The molecule has 0 bridgehead atoms. The minimum Gasteiger partial charge on any atom is -0.489 e. The van der Waals surface area contributed by atoms with Crippen LogP contribution in [0.25, 0.3) is 0 Å². The molecule has 0 spiro atoms. The van der Waals surface area contributed by atoms with Gasteiger partial charge in [-0.05, 0) is 43.8 Å². The second kappa shape index (κ2) is 9.66. The highest BCUT2D eigenvalue weighted by molar-refractivity contribution is 7.12. The number of aryl methyl sites for hydroxylation is 3. The predicted molar refractivity (Wildman–Crippen MR) is 124 cm³/mol. The summed E-state index contributed by atoms with van der Waals surface area (Å²) in [4.78, 5) is 18.1. The van der Waals surface area contributed by atoms with Crippen LogP contribution in [0.1, 0.15) is 39.0 Å². The molecule has 4 rings (SSSR count). The number of amides is 1. The lowest BCUT2D eigenvalue weighted by atomic mass is 10.2. The molecule has 6 nitrogen and oxygen atoms in total. The van der Waals surface area contributed by atoms with Crippen molar-refractivity contribution in [2.45, 2.75) is 40.5 Å². The van der Waals surface area contributed by atoms with Gasteiger partial charge in [0, 0.05) is 56.6 Å². The number of carbonyl (C=O) groups excluding carboxylic acids is 1. The van der Waals surface area contributed by atoms with Gasteiger partial charge in [0.2, 0.25) is 0 Å². The fourth-order valence-corrected chi connectivity index (χ4v) is 4.69. The van der Waals surface area contributed by atoms with Gasteiger partial charge in [0.25, 0.3) is 5.91 Å². The summed E-state index contributed by atoms with van der Waals surface area (Å²) in [7, 11) is 0. The lowest BCUT2D eigenvalue weighted by Crippen LogP contribution is -2.48. The first-order chi connectivity index (χ1) is 15.0. The Morgan fingerprint density at radius 3 is 2.65 bits per heavy atom. The van der Waals surface area contributed by atoms with Gasteiger partial charge in [0.1, 0.15) is 12.4 Å². The van der Waals surface area contributed by atoms with Crippen molar-refractivity contribution in [2.75, 3.05) is 26.2 Å². The maximum atomic E-state index is 13.0. The molecule has 7 heteroatoms. The number of benzene rings is 1. The van der Waals surface area contributed by atoms with Crippen LogP contribution in [0.4, 0.5) is 0 Å². The normalized spacial score (nSPS) is 14.7. The number of thiophene rings is 1. The molecule has 0 saturated carbocycles. The molecule has 1 aliphatic rings. The molecule has 1 aromatic carbocycles. The van der Waals surface area contributed by atoms with Crippen LogP contribution in [0.3, 0.4) is 0 Å². The van der Waals surface area contributed by atoms with Gasteiger partial charge in [0.05, 0.1) is 10.6 Å². The molecular formula is C24H30N4O2S. The van der Waals surface area contributed by atoms with E-state index in [1.165, 1.54) is 16.9 Å². The maximum Gasteiger partial charge on any atom is 0.264 e. The van der Waals surface area contributed by atoms with Crippen LogP contribution in [0.2, 0.25) is 0 Å². The van der Waals surface area contributed by atoms with Crippen LogP contribution in [0.5, 0.6) is 5.75 Å². The summed E-state index contributed by atoms with van der Waals surface area (Å²) in [5.41, 5.74) is 4.53. The Morgan fingerprint density at radius 1 is 1.16 bits per heavy atom. The van der Waals surface area contributed by atoms with Crippen molar-refractivity contribution in [3.63, 3.8) is 0 Å². The average molecular weight is 439 g/mol. The largest absolute Gasteiger partial charge is 0.489 e. The van der Waals surface area contributed by atoms with Gasteiger partial charge in [-0.25, -0.2) is 0 Å². The molecule has 164 valence electrons. The van der Waals surface area contributed by atoms with Gasteiger partial charge in [-0.15, -0.1) is 11.3 Å². The Labute approximate surface area is 188 Å². The summed E-state index contributed by atoms with van der Waals surface area (Å²) >= 11 is 1.51. The summed E-state index contributed by atoms with van der Waals surface area (Å²) in [6.45, 7) is 11.8. The van der Waals surface area contributed by atoms with Crippen molar-refractivity contribution in [1.29, 1.82) is 0 Å². The fourth-order valence-electron chi connectivity index (χ4n) is 3.82. The number of hydrogen-bond acceptors (Lipinski definition) is 5. The minimum absolute atomic E-state index is 0.127. The highest BCUT2D eigenvalue weighted by Crippen LogP contribution is 2.22. The third-order valence-corrected chi connectivity index (χ3v) is 6.74. The third kappa shape index (κ3) is 5.17. The summed E-state index contributed by atoms with van der Waals surface area (Å²) in [5, 5.41) is 6.56. The van der Waals surface area contributed by atoms with Crippen molar-refractivity contribution < 1.29 is 9.53 Å². The summed E-state index contributed by atoms with van der Waals surface area (Å²) < 4.78 is 7.91. The number of hydrogen-bond donors (Lipinski definition) is 0. The first-order valence-corrected chi connectivity index (χ1v) is 11.7. The zero-order valence-electron chi connectivity index (χ0n) is 18.5. The Balaban J connectivity index is 1.28. The zero-order valence-corrected chi connectivity index (χ0v) is 19.3. The Kier molecular flexibility index (Phi) is 6.73. The molecular weight excluding hydrogens is 408 g/mol. The molecule has 1 amide bonds. The van der Waals surface area contributed by atoms with E-state index in [4.69, 9.17) is 4.74 Å². The smallest absolute Gasteiger partial charge is 0.264 e. The van der Waals surface area contributed by atoms with Crippen molar-refractivity contribution in [2.24, 2.45) is 0 Å². The van der Waals surface area contributed by atoms with Crippen LogP contribution in [-0.2, 0) is 19.7 Å². The molecule has 1 saturated heterocycles. The topological polar surface area (TPSA) is 50.6 Å². The molecule has 0 radical (unpaired) electrons. The summed E-state index contributed by atoms with van der Waals surface area (Å²) in [6.07, 6.45) is 2.14. The lowest BCUT2D eigenvalue weighted by molar-refractivity contribution is 0.0633. The van der Waals surface area contributed by atoms with Crippen molar-refractivity contribution in [3.05, 3.63) is 69.2 Å². The van der Waals surface area contributed by atoms with Crippen molar-refractivity contribution in [3.8, 4) is 5.75 Å². The SMILES string of the molecule is CCn1cc(CN2CCN(C(=O)c3cc(COc4ccccc4C)cs3)CC2)c(C)n1. The quantitative estimate of drug-likeness (QED) is 0.557. The molecule has 0 unspecified atom stereocenters. The van der Waals surface area contributed by atoms with Crippen molar-refractivity contribution >= 4 is 17.2 Å². The Hall–Kier alpha value is -2.64. The van der Waals surface area contributed by atoms with E-state index in [-0.39, 0.29) is 5.91 Å². The molecule has 1 aliphatic heterocycles. The van der Waals surface area contributed by atoms with Crippen LogP contribution in [0, 0.1) is 13.8 Å². The standard InChI is InChI=1S/C24H30N4O2S/c1-4-28-15-21(19(3)25-28)14-26-9-11-27(12-10-26)24(29)23-13-20(17-31-23)16-30-22-8-6-5-7-18(22)2/h5-8,13,15,17H,4,9-12,14,16H2,1-3H3. The number of para-hydroxylation sites is 1. The average Bonchev–Trinajstić information content (AvgIpc) is 3.40. The molecule has 2 aromatic heterocycles.